The number of ether oxygens (including phenoxy) is 1. The molecule has 8 nitrogen and oxygen atoms in total. The first-order chi connectivity index (χ1) is 13.4. The van der Waals surface area contributed by atoms with Crippen LogP contribution in [0, 0.1) is 0 Å². The second kappa shape index (κ2) is 8.72. The summed E-state index contributed by atoms with van der Waals surface area (Å²) in [6.07, 6.45) is 5.36. The van der Waals surface area contributed by atoms with Crippen LogP contribution in [0.2, 0.25) is 0 Å². The standard InChI is InChI=1S/C19H25N3O5S/c1-21(19-15-9-5-6-10-16(15)28(25,26)20-19)13-18(24)27-14-17(23)22-11-7-3-2-4-8-12-22/h5-6,9-10H,2-4,7-8,11-14H2,1H3. The summed E-state index contributed by atoms with van der Waals surface area (Å²) in [4.78, 5) is 27.7. The quantitative estimate of drug-likeness (QED) is 0.700. The van der Waals surface area contributed by atoms with Gasteiger partial charge in [-0.3, -0.25) is 9.59 Å². The van der Waals surface area contributed by atoms with Crippen molar-refractivity contribution in [2.75, 3.05) is 33.3 Å². The molecule has 1 saturated heterocycles. The maximum atomic E-state index is 12.3. The first kappa shape index (κ1) is 20.3. The number of hydrogen-bond acceptors (Lipinski definition) is 6. The summed E-state index contributed by atoms with van der Waals surface area (Å²) in [7, 11) is -2.18. The fourth-order valence-corrected chi connectivity index (χ4v) is 4.66. The van der Waals surface area contributed by atoms with Crippen LogP contribution in [0.4, 0.5) is 0 Å². The number of amides is 1. The van der Waals surface area contributed by atoms with Crippen molar-refractivity contribution in [2.45, 2.75) is 37.0 Å². The average molecular weight is 407 g/mol. The minimum Gasteiger partial charge on any atom is -0.454 e. The van der Waals surface area contributed by atoms with Crippen LogP contribution in [0.25, 0.3) is 0 Å². The first-order valence-electron chi connectivity index (χ1n) is 9.47. The van der Waals surface area contributed by atoms with Crippen molar-refractivity contribution in [1.29, 1.82) is 0 Å². The summed E-state index contributed by atoms with van der Waals surface area (Å²) >= 11 is 0. The molecule has 152 valence electrons. The van der Waals surface area contributed by atoms with Crippen molar-refractivity contribution in [3.8, 4) is 0 Å². The molecule has 0 saturated carbocycles. The topological polar surface area (TPSA) is 96.3 Å². The monoisotopic (exact) mass is 407 g/mol. The Morgan fingerprint density at radius 3 is 2.46 bits per heavy atom. The Kier molecular flexibility index (Phi) is 6.33. The van der Waals surface area contributed by atoms with Crippen LogP contribution < -0.4 is 0 Å². The summed E-state index contributed by atoms with van der Waals surface area (Å²) in [6, 6.07) is 6.46. The number of fused-ring (bicyclic) bond motifs is 1. The molecule has 0 atom stereocenters. The van der Waals surface area contributed by atoms with Gasteiger partial charge in [-0.05, 0) is 25.0 Å². The number of carbonyl (C=O) groups excluding carboxylic acids is 2. The highest BCUT2D eigenvalue weighted by molar-refractivity contribution is 7.90. The fourth-order valence-electron chi connectivity index (χ4n) is 3.41. The maximum absolute atomic E-state index is 12.3. The lowest BCUT2D eigenvalue weighted by Gasteiger charge is -2.25. The van der Waals surface area contributed by atoms with Gasteiger partial charge in [0.05, 0.1) is 0 Å². The number of benzene rings is 1. The van der Waals surface area contributed by atoms with Gasteiger partial charge in [-0.1, -0.05) is 31.4 Å². The summed E-state index contributed by atoms with van der Waals surface area (Å²) in [6.45, 7) is 0.896. The molecule has 0 spiro atoms. The predicted octanol–water partition coefficient (Wildman–Crippen LogP) is 1.40. The van der Waals surface area contributed by atoms with Crippen molar-refractivity contribution in [2.24, 2.45) is 4.40 Å². The molecule has 1 amide bonds. The van der Waals surface area contributed by atoms with Crippen molar-refractivity contribution in [1.82, 2.24) is 9.80 Å². The van der Waals surface area contributed by atoms with Crippen LogP contribution in [-0.4, -0.2) is 69.2 Å². The molecule has 2 aliphatic heterocycles. The molecule has 2 heterocycles. The van der Waals surface area contributed by atoms with Crippen molar-refractivity contribution in [3.05, 3.63) is 29.8 Å². The van der Waals surface area contributed by atoms with Gasteiger partial charge in [0.1, 0.15) is 11.4 Å². The number of esters is 1. The van der Waals surface area contributed by atoms with E-state index < -0.39 is 16.0 Å². The van der Waals surface area contributed by atoms with Crippen molar-refractivity contribution < 1.29 is 22.7 Å². The van der Waals surface area contributed by atoms with Gasteiger partial charge in [0.25, 0.3) is 15.9 Å². The highest BCUT2D eigenvalue weighted by Crippen LogP contribution is 2.26. The zero-order chi connectivity index (χ0) is 20.1. The molecular weight excluding hydrogens is 382 g/mol. The highest BCUT2D eigenvalue weighted by atomic mass is 32.2. The molecule has 0 N–H and O–H groups in total. The largest absolute Gasteiger partial charge is 0.454 e. The molecule has 9 heteroatoms. The lowest BCUT2D eigenvalue weighted by Crippen LogP contribution is -2.38. The number of hydrogen-bond donors (Lipinski definition) is 0. The predicted molar refractivity (Wildman–Crippen MR) is 103 cm³/mol. The zero-order valence-electron chi connectivity index (χ0n) is 16.0. The van der Waals surface area contributed by atoms with Gasteiger partial charge in [0, 0.05) is 25.7 Å². The van der Waals surface area contributed by atoms with Crippen LogP contribution >= 0.6 is 0 Å². The third kappa shape index (κ3) is 4.70. The van der Waals surface area contributed by atoms with Gasteiger partial charge >= 0.3 is 5.97 Å². The molecular formula is C19H25N3O5S. The van der Waals surface area contributed by atoms with Crippen LogP contribution in [-0.2, 0) is 24.3 Å². The van der Waals surface area contributed by atoms with Gasteiger partial charge in [0.15, 0.2) is 12.4 Å². The number of carbonyl (C=O) groups is 2. The molecule has 1 aromatic carbocycles. The van der Waals surface area contributed by atoms with E-state index in [1.54, 1.807) is 30.1 Å². The highest BCUT2D eigenvalue weighted by Gasteiger charge is 2.31. The molecule has 3 rings (SSSR count). The van der Waals surface area contributed by atoms with E-state index in [1.165, 1.54) is 17.4 Å². The van der Waals surface area contributed by atoms with Crippen LogP contribution in [0.15, 0.2) is 33.6 Å². The Balaban J connectivity index is 1.54. The molecule has 0 aliphatic carbocycles. The normalized spacial score (nSPS) is 18.5. The summed E-state index contributed by atoms with van der Waals surface area (Å²) in [5.41, 5.74) is 0.453. The SMILES string of the molecule is CN(CC(=O)OCC(=O)N1CCCCCCC1)C1=NS(=O)(=O)c2ccccc21. The summed E-state index contributed by atoms with van der Waals surface area (Å²) in [5.74, 6) is -0.598. The minimum atomic E-state index is -3.75. The van der Waals surface area contributed by atoms with Gasteiger partial charge in [-0.25, -0.2) is 0 Å². The first-order valence-corrected chi connectivity index (χ1v) is 10.9. The molecule has 0 aromatic heterocycles. The molecule has 0 radical (unpaired) electrons. The van der Waals surface area contributed by atoms with E-state index in [-0.39, 0.29) is 29.8 Å². The smallest absolute Gasteiger partial charge is 0.326 e. The Bertz CT molecular complexity index is 873. The Morgan fingerprint density at radius 1 is 1.11 bits per heavy atom. The second-order valence-corrected chi connectivity index (χ2v) is 8.62. The van der Waals surface area contributed by atoms with E-state index in [0.717, 1.165) is 25.7 Å². The number of likely N-dealkylation sites (tertiary alicyclic amines) is 1. The minimum absolute atomic E-state index is 0.123. The molecule has 28 heavy (non-hydrogen) atoms. The van der Waals surface area contributed by atoms with Crippen LogP contribution in [0.5, 0.6) is 0 Å². The molecule has 1 fully saturated rings. The average Bonchev–Trinajstić information content (AvgIpc) is 2.91. The number of sulfonamides is 1. The van der Waals surface area contributed by atoms with E-state index in [0.29, 0.717) is 18.7 Å². The van der Waals surface area contributed by atoms with E-state index >= 15 is 0 Å². The van der Waals surface area contributed by atoms with E-state index in [1.807, 2.05) is 0 Å². The van der Waals surface area contributed by atoms with Gasteiger partial charge in [0.2, 0.25) is 0 Å². The molecule has 2 aliphatic rings. The van der Waals surface area contributed by atoms with Crippen molar-refractivity contribution in [3.63, 3.8) is 0 Å². The summed E-state index contributed by atoms with van der Waals surface area (Å²) < 4.78 is 33.1. The van der Waals surface area contributed by atoms with Gasteiger partial charge < -0.3 is 14.5 Å². The van der Waals surface area contributed by atoms with E-state index in [4.69, 9.17) is 4.74 Å². The molecule has 0 bridgehead atoms. The Labute approximate surface area is 165 Å². The maximum Gasteiger partial charge on any atom is 0.326 e. The van der Waals surface area contributed by atoms with Crippen LogP contribution in [0.1, 0.15) is 37.7 Å². The number of nitrogens with zero attached hydrogens (tertiary/aromatic N) is 3. The zero-order valence-corrected chi connectivity index (χ0v) is 16.8. The Hall–Kier alpha value is -2.42. The lowest BCUT2D eigenvalue weighted by atomic mass is 10.1. The number of amidine groups is 1. The van der Waals surface area contributed by atoms with E-state index in [9.17, 15) is 18.0 Å². The van der Waals surface area contributed by atoms with E-state index in [2.05, 4.69) is 4.40 Å². The van der Waals surface area contributed by atoms with Crippen LogP contribution in [0.3, 0.4) is 0 Å². The number of rotatable bonds is 4. The second-order valence-electron chi connectivity index (χ2n) is 7.05. The summed E-state index contributed by atoms with van der Waals surface area (Å²) in [5, 5.41) is 0. The fraction of sp³-hybridized carbons (Fsp3) is 0.526. The number of likely N-dealkylation sites (N-methyl/N-ethyl adjacent to an activating group) is 1. The Morgan fingerprint density at radius 2 is 1.75 bits per heavy atom. The van der Waals surface area contributed by atoms with Gasteiger partial charge in [-0.2, -0.15) is 8.42 Å². The van der Waals surface area contributed by atoms with Gasteiger partial charge in [-0.15, -0.1) is 4.40 Å². The molecule has 1 aromatic rings. The lowest BCUT2D eigenvalue weighted by molar-refractivity contribution is -0.152. The third-order valence-electron chi connectivity index (χ3n) is 4.91. The van der Waals surface area contributed by atoms with Crippen molar-refractivity contribution >= 4 is 27.7 Å². The third-order valence-corrected chi connectivity index (χ3v) is 6.23. The molecule has 0 unspecified atom stereocenters.